The molecule has 0 radical (unpaired) electrons. The number of nitrogens with one attached hydrogen (secondary N) is 1. The van der Waals surface area contributed by atoms with Crippen LogP contribution < -0.4 is 5.32 Å². The number of fused-ring (bicyclic) bond motifs is 1. The molecule has 7 heteroatoms. The molecular formula is C19H18N2O3S2. The van der Waals surface area contributed by atoms with Crippen LogP contribution in [0, 0.1) is 0 Å². The zero-order valence-corrected chi connectivity index (χ0v) is 16.1. The maximum absolute atomic E-state index is 12.4. The summed E-state index contributed by atoms with van der Waals surface area (Å²) in [4.78, 5) is 29.8. The van der Waals surface area contributed by atoms with Gasteiger partial charge in [0.2, 0.25) is 0 Å². The monoisotopic (exact) mass is 386 g/mol. The van der Waals surface area contributed by atoms with Crippen molar-refractivity contribution >= 4 is 50.3 Å². The summed E-state index contributed by atoms with van der Waals surface area (Å²) in [5.74, 6) is 0.423. The summed E-state index contributed by atoms with van der Waals surface area (Å²) in [6.07, 6.45) is 0. The zero-order valence-electron chi connectivity index (χ0n) is 14.4. The van der Waals surface area contributed by atoms with Gasteiger partial charge in [0.15, 0.2) is 5.13 Å². The van der Waals surface area contributed by atoms with Gasteiger partial charge in [-0.25, -0.2) is 9.78 Å². The lowest BCUT2D eigenvalue weighted by molar-refractivity contribution is 0.0526. The summed E-state index contributed by atoms with van der Waals surface area (Å²) in [7, 11) is 0. The molecule has 0 spiro atoms. The van der Waals surface area contributed by atoms with Crippen LogP contribution in [0.15, 0.2) is 47.4 Å². The summed E-state index contributed by atoms with van der Waals surface area (Å²) in [5.41, 5.74) is 1.79. The molecule has 134 valence electrons. The molecule has 3 rings (SSSR count). The lowest BCUT2D eigenvalue weighted by Crippen LogP contribution is -2.11. The number of anilines is 1. The number of rotatable bonds is 6. The molecule has 1 N–H and O–H groups in total. The second-order valence-corrected chi connectivity index (χ2v) is 7.70. The minimum Gasteiger partial charge on any atom is -0.462 e. The average molecular weight is 386 g/mol. The van der Waals surface area contributed by atoms with Crippen LogP contribution in [-0.2, 0) is 4.74 Å². The Morgan fingerprint density at radius 2 is 1.85 bits per heavy atom. The first-order chi connectivity index (χ1) is 12.6. The highest BCUT2D eigenvalue weighted by atomic mass is 32.2. The molecule has 1 heterocycles. The van der Waals surface area contributed by atoms with E-state index in [0.29, 0.717) is 22.9 Å². The van der Waals surface area contributed by atoms with Crippen LogP contribution in [-0.4, -0.2) is 29.2 Å². The maximum atomic E-state index is 12.4. The quantitative estimate of drug-likeness (QED) is 0.485. The fourth-order valence-corrected chi connectivity index (χ4v) is 3.92. The number of thiazole rings is 1. The predicted octanol–water partition coefficient (Wildman–Crippen LogP) is 4.84. The molecule has 0 unspecified atom stereocenters. The van der Waals surface area contributed by atoms with Gasteiger partial charge < -0.3 is 4.74 Å². The maximum Gasteiger partial charge on any atom is 0.338 e. The van der Waals surface area contributed by atoms with Gasteiger partial charge in [0, 0.05) is 10.5 Å². The first-order valence-electron chi connectivity index (χ1n) is 8.22. The Hall–Kier alpha value is -2.38. The molecule has 2 aromatic carbocycles. The number of amides is 1. The van der Waals surface area contributed by atoms with Gasteiger partial charge in [-0.1, -0.05) is 18.3 Å². The smallest absolute Gasteiger partial charge is 0.338 e. The van der Waals surface area contributed by atoms with Gasteiger partial charge in [-0.15, -0.1) is 11.8 Å². The van der Waals surface area contributed by atoms with E-state index in [1.807, 2.05) is 12.1 Å². The number of benzene rings is 2. The molecule has 0 atom stereocenters. The molecule has 3 aromatic rings. The number of carbonyl (C=O) groups is 2. The average Bonchev–Trinajstić information content (AvgIpc) is 3.04. The Morgan fingerprint density at radius 3 is 2.54 bits per heavy atom. The van der Waals surface area contributed by atoms with E-state index in [1.165, 1.54) is 11.3 Å². The van der Waals surface area contributed by atoms with E-state index in [4.69, 9.17) is 4.74 Å². The normalized spacial score (nSPS) is 10.7. The molecule has 1 amide bonds. The van der Waals surface area contributed by atoms with Crippen LogP contribution in [0.1, 0.15) is 34.6 Å². The molecule has 0 aliphatic heterocycles. The first-order valence-corrected chi connectivity index (χ1v) is 10.0. The largest absolute Gasteiger partial charge is 0.462 e. The Kier molecular flexibility index (Phi) is 5.90. The van der Waals surface area contributed by atoms with Gasteiger partial charge in [-0.2, -0.15) is 0 Å². The molecule has 0 bridgehead atoms. The Bertz CT molecular complexity index is 936. The van der Waals surface area contributed by atoms with Crippen molar-refractivity contribution in [1.82, 2.24) is 4.98 Å². The number of hydrogen-bond donors (Lipinski definition) is 1. The van der Waals surface area contributed by atoms with Crippen LogP contribution in [0.25, 0.3) is 10.2 Å². The van der Waals surface area contributed by atoms with Crippen LogP contribution >= 0.6 is 23.1 Å². The number of hydrogen-bond acceptors (Lipinski definition) is 6. The predicted molar refractivity (Wildman–Crippen MR) is 106 cm³/mol. The molecule has 0 saturated carbocycles. The third-order valence-corrected chi connectivity index (χ3v) is 5.38. The second kappa shape index (κ2) is 8.33. The number of ether oxygens (including phenoxy) is 1. The number of aromatic nitrogens is 1. The van der Waals surface area contributed by atoms with E-state index >= 15 is 0 Å². The highest BCUT2D eigenvalue weighted by Crippen LogP contribution is 2.27. The van der Waals surface area contributed by atoms with E-state index in [0.717, 1.165) is 20.9 Å². The minimum atomic E-state index is -0.363. The van der Waals surface area contributed by atoms with E-state index in [-0.39, 0.29) is 11.9 Å². The Morgan fingerprint density at radius 1 is 1.12 bits per heavy atom. The number of thioether (sulfide) groups is 1. The van der Waals surface area contributed by atoms with E-state index in [9.17, 15) is 9.59 Å². The van der Waals surface area contributed by atoms with Crippen molar-refractivity contribution in [2.75, 3.05) is 17.7 Å². The van der Waals surface area contributed by atoms with E-state index < -0.39 is 0 Å². The fourth-order valence-electron chi connectivity index (χ4n) is 2.36. The van der Waals surface area contributed by atoms with Crippen LogP contribution in [0.4, 0.5) is 5.13 Å². The lowest BCUT2D eigenvalue weighted by Gasteiger charge is -2.03. The molecule has 0 fully saturated rings. The van der Waals surface area contributed by atoms with Crippen LogP contribution in [0.3, 0.4) is 0 Å². The Balaban J connectivity index is 1.75. The third kappa shape index (κ3) is 4.23. The first kappa shape index (κ1) is 18.4. The SMILES string of the molecule is CCOC(=O)c1ccc2nc(NC(=O)c3ccc(SCC)cc3)sc2c1. The molecule has 1 aromatic heterocycles. The number of carbonyl (C=O) groups excluding carboxylic acids is 2. The van der Waals surface area contributed by atoms with Gasteiger partial charge in [-0.3, -0.25) is 10.1 Å². The van der Waals surface area contributed by atoms with Crippen molar-refractivity contribution < 1.29 is 14.3 Å². The van der Waals surface area contributed by atoms with Crippen molar-refractivity contribution in [2.45, 2.75) is 18.7 Å². The summed E-state index contributed by atoms with van der Waals surface area (Å²) in [6, 6.07) is 12.6. The molecule has 0 aliphatic rings. The standard InChI is InChI=1S/C19H18N2O3S2/c1-3-24-18(23)13-7-10-15-16(11-13)26-19(20-15)21-17(22)12-5-8-14(9-6-12)25-4-2/h5-11H,3-4H2,1-2H3,(H,20,21,22). The highest BCUT2D eigenvalue weighted by molar-refractivity contribution is 7.99. The van der Waals surface area contributed by atoms with Crippen molar-refractivity contribution in [3.63, 3.8) is 0 Å². The van der Waals surface area contributed by atoms with Gasteiger partial charge >= 0.3 is 5.97 Å². The van der Waals surface area contributed by atoms with Crippen molar-refractivity contribution in [1.29, 1.82) is 0 Å². The summed E-state index contributed by atoms with van der Waals surface area (Å²) < 4.78 is 5.83. The van der Waals surface area contributed by atoms with Crippen molar-refractivity contribution in [3.05, 3.63) is 53.6 Å². The van der Waals surface area contributed by atoms with Crippen LogP contribution in [0.5, 0.6) is 0 Å². The van der Waals surface area contributed by atoms with Gasteiger partial charge in [0.1, 0.15) is 0 Å². The summed E-state index contributed by atoms with van der Waals surface area (Å²) >= 11 is 3.06. The highest BCUT2D eigenvalue weighted by Gasteiger charge is 2.13. The number of esters is 1. The number of nitrogens with zero attached hydrogens (tertiary/aromatic N) is 1. The fraction of sp³-hybridized carbons (Fsp3) is 0.211. The molecule has 26 heavy (non-hydrogen) atoms. The topological polar surface area (TPSA) is 68.3 Å². The zero-order chi connectivity index (χ0) is 18.5. The summed E-state index contributed by atoms with van der Waals surface area (Å²) in [5, 5.41) is 3.32. The summed E-state index contributed by atoms with van der Waals surface area (Å²) in [6.45, 7) is 4.19. The molecule has 0 aliphatic carbocycles. The Labute approximate surface area is 159 Å². The van der Waals surface area contributed by atoms with E-state index in [1.54, 1.807) is 49.0 Å². The molecule has 0 saturated heterocycles. The minimum absolute atomic E-state index is 0.206. The van der Waals surface area contributed by atoms with E-state index in [2.05, 4.69) is 17.2 Å². The third-order valence-electron chi connectivity index (χ3n) is 3.55. The molecule has 5 nitrogen and oxygen atoms in total. The second-order valence-electron chi connectivity index (χ2n) is 5.33. The molecular weight excluding hydrogens is 368 g/mol. The van der Waals surface area contributed by atoms with Crippen molar-refractivity contribution in [2.24, 2.45) is 0 Å². The lowest BCUT2D eigenvalue weighted by atomic mass is 10.2. The van der Waals surface area contributed by atoms with Gasteiger partial charge in [0.05, 0.1) is 22.4 Å². The van der Waals surface area contributed by atoms with Gasteiger partial charge in [-0.05, 0) is 55.1 Å². The van der Waals surface area contributed by atoms with Crippen molar-refractivity contribution in [3.8, 4) is 0 Å². The van der Waals surface area contributed by atoms with Gasteiger partial charge in [0.25, 0.3) is 5.91 Å². The van der Waals surface area contributed by atoms with Crippen LogP contribution in [0.2, 0.25) is 0 Å².